The van der Waals surface area contributed by atoms with Crippen molar-refractivity contribution in [3.63, 3.8) is 0 Å². The number of nitrogens with zero attached hydrogens (tertiary/aromatic N) is 2. The Morgan fingerprint density at radius 3 is 2.21 bits per heavy atom. The van der Waals surface area contributed by atoms with E-state index in [0.29, 0.717) is 16.8 Å². The highest BCUT2D eigenvalue weighted by molar-refractivity contribution is 6.04. The maximum Gasteiger partial charge on any atom is 0.277 e. The van der Waals surface area contributed by atoms with Crippen LogP contribution in [0.1, 0.15) is 15.9 Å². The summed E-state index contributed by atoms with van der Waals surface area (Å²) in [5, 5.41) is 13.0. The molecule has 0 radical (unpaired) electrons. The number of aromatic amines is 1. The van der Waals surface area contributed by atoms with Crippen LogP contribution in [0.3, 0.4) is 0 Å². The molecule has 1 aromatic heterocycles. The summed E-state index contributed by atoms with van der Waals surface area (Å²) >= 11 is 0. The van der Waals surface area contributed by atoms with Crippen molar-refractivity contribution in [1.29, 1.82) is 0 Å². The van der Waals surface area contributed by atoms with Crippen molar-refractivity contribution < 1.29 is 4.79 Å². The fourth-order valence-corrected chi connectivity index (χ4v) is 3.94. The van der Waals surface area contributed by atoms with Gasteiger partial charge in [-0.05, 0) is 16.3 Å². The SMILES string of the molecule is O=C(N/N=C/c1cccc2ccccc12)c1c(-c2ccccc2)c(-c2ccccc2)n[nH]c1=O. The molecular formula is C28H20N4O2. The van der Waals surface area contributed by atoms with E-state index >= 15 is 0 Å². The van der Waals surface area contributed by atoms with Crippen LogP contribution in [-0.4, -0.2) is 22.3 Å². The van der Waals surface area contributed by atoms with Crippen molar-refractivity contribution in [2.45, 2.75) is 0 Å². The second-order valence-corrected chi connectivity index (χ2v) is 7.65. The Balaban J connectivity index is 1.56. The van der Waals surface area contributed by atoms with Gasteiger partial charge in [-0.15, -0.1) is 0 Å². The van der Waals surface area contributed by atoms with Crippen LogP contribution in [0.25, 0.3) is 33.2 Å². The molecule has 2 N–H and O–H groups in total. The topological polar surface area (TPSA) is 87.2 Å². The Hall–Kier alpha value is -4.84. The number of nitrogens with one attached hydrogen (secondary N) is 2. The molecule has 4 aromatic carbocycles. The Bertz CT molecular complexity index is 1550. The highest BCUT2D eigenvalue weighted by atomic mass is 16.2. The van der Waals surface area contributed by atoms with Crippen LogP contribution in [0.4, 0.5) is 0 Å². The van der Waals surface area contributed by atoms with E-state index in [4.69, 9.17) is 0 Å². The molecule has 6 nitrogen and oxygen atoms in total. The zero-order valence-corrected chi connectivity index (χ0v) is 18.1. The summed E-state index contributed by atoms with van der Waals surface area (Å²) in [6.45, 7) is 0. The molecule has 0 unspecified atom stereocenters. The van der Waals surface area contributed by atoms with Crippen LogP contribution in [0.2, 0.25) is 0 Å². The quantitative estimate of drug-likeness (QED) is 0.295. The van der Waals surface area contributed by atoms with Crippen molar-refractivity contribution in [2.24, 2.45) is 5.10 Å². The minimum absolute atomic E-state index is 0.0462. The van der Waals surface area contributed by atoms with Crippen LogP contribution >= 0.6 is 0 Å². The summed E-state index contributed by atoms with van der Waals surface area (Å²) in [7, 11) is 0. The van der Waals surface area contributed by atoms with Gasteiger partial charge < -0.3 is 0 Å². The Kier molecular flexibility index (Phi) is 5.78. The lowest BCUT2D eigenvalue weighted by molar-refractivity contribution is 0.0954. The summed E-state index contributed by atoms with van der Waals surface area (Å²) in [6, 6.07) is 32.5. The van der Waals surface area contributed by atoms with E-state index in [1.54, 1.807) is 6.21 Å². The molecule has 1 amide bonds. The normalized spacial score (nSPS) is 11.1. The Morgan fingerprint density at radius 2 is 1.44 bits per heavy atom. The number of H-pyrrole nitrogens is 1. The molecule has 6 heteroatoms. The van der Waals surface area contributed by atoms with Gasteiger partial charge in [0, 0.05) is 16.7 Å². The molecule has 164 valence electrons. The third-order valence-corrected chi connectivity index (χ3v) is 5.51. The minimum Gasteiger partial charge on any atom is -0.267 e. The molecule has 0 fully saturated rings. The highest BCUT2D eigenvalue weighted by Crippen LogP contribution is 2.31. The first-order valence-corrected chi connectivity index (χ1v) is 10.8. The summed E-state index contributed by atoms with van der Waals surface area (Å²) in [6.07, 6.45) is 1.58. The number of carbonyl (C=O) groups excluding carboxylic acids is 1. The van der Waals surface area contributed by atoms with E-state index < -0.39 is 11.5 Å². The van der Waals surface area contributed by atoms with Crippen LogP contribution in [0.15, 0.2) is 113 Å². The van der Waals surface area contributed by atoms with Gasteiger partial charge in [-0.25, -0.2) is 10.5 Å². The lowest BCUT2D eigenvalue weighted by atomic mass is 9.95. The molecule has 0 bridgehead atoms. The predicted molar refractivity (Wildman–Crippen MR) is 135 cm³/mol. The molecular weight excluding hydrogens is 424 g/mol. The lowest BCUT2D eigenvalue weighted by Gasteiger charge is -2.12. The van der Waals surface area contributed by atoms with Gasteiger partial charge in [0.2, 0.25) is 0 Å². The molecule has 0 atom stereocenters. The fourth-order valence-electron chi connectivity index (χ4n) is 3.94. The van der Waals surface area contributed by atoms with Crippen molar-refractivity contribution in [3.8, 4) is 22.4 Å². The molecule has 0 aliphatic rings. The number of hydrogen-bond acceptors (Lipinski definition) is 4. The summed E-state index contributed by atoms with van der Waals surface area (Å²) in [5.41, 5.74) is 5.20. The maximum atomic E-state index is 13.2. The summed E-state index contributed by atoms with van der Waals surface area (Å²) in [4.78, 5) is 26.0. The maximum absolute atomic E-state index is 13.2. The number of aromatic nitrogens is 2. The van der Waals surface area contributed by atoms with Gasteiger partial charge in [0.25, 0.3) is 11.5 Å². The second-order valence-electron chi connectivity index (χ2n) is 7.65. The minimum atomic E-state index is -0.615. The Labute approximate surface area is 195 Å². The second kappa shape index (κ2) is 9.34. The van der Waals surface area contributed by atoms with Crippen LogP contribution in [-0.2, 0) is 0 Å². The van der Waals surface area contributed by atoms with E-state index in [9.17, 15) is 9.59 Å². The molecule has 0 saturated carbocycles. The number of hydrogen-bond donors (Lipinski definition) is 2. The third kappa shape index (κ3) is 4.12. The smallest absolute Gasteiger partial charge is 0.267 e. The molecule has 1 heterocycles. The molecule has 5 aromatic rings. The lowest BCUT2D eigenvalue weighted by Crippen LogP contribution is -2.28. The highest BCUT2D eigenvalue weighted by Gasteiger charge is 2.22. The van der Waals surface area contributed by atoms with Gasteiger partial charge in [0.15, 0.2) is 0 Å². The van der Waals surface area contributed by atoms with Crippen molar-refractivity contribution in [2.75, 3.05) is 0 Å². The zero-order chi connectivity index (χ0) is 23.3. The Morgan fingerprint density at radius 1 is 0.794 bits per heavy atom. The van der Waals surface area contributed by atoms with Crippen molar-refractivity contribution >= 4 is 22.9 Å². The van der Waals surface area contributed by atoms with Crippen LogP contribution in [0, 0.1) is 0 Å². The van der Waals surface area contributed by atoms with Crippen molar-refractivity contribution in [3.05, 3.63) is 125 Å². The van der Waals surface area contributed by atoms with Crippen LogP contribution in [0.5, 0.6) is 0 Å². The monoisotopic (exact) mass is 444 g/mol. The van der Waals surface area contributed by atoms with Gasteiger partial charge >= 0.3 is 0 Å². The molecule has 0 aliphatic carbocycles. The van der Waals surface area contributed by atoms with Crippen molar-refractivity contribution in [1.82, 2.24) is 15.6 Å². The number of carbonyl (C=O) groups is 1. The van der Waals surface area contributed by atoms with E-state index in [2.05, 4.69) is 20.7 Å². The first kappa shape index (κ1) is 21.0. The molecule has 0 aliphatic heterocycles. The zero-order valence-electron chi connectivity index (χ0n) is 18.1. The standard InChI is InChI=1S/C28H20N4O2/c33-27(31-29-18-22-16-9-15-19-10-7-8-17-23(19)22)25-24(20-11-3-1-4-12-20)26(30-32-28(25)34)21-13-5-2-6-14-21/h1-18H,(H,31,33)(H,32,34)/b29-18+. The van der Waals surface area contributed by atoms with Gasteiger partial charge in [0.05, 0.1) is 11.9 Å². The van der Waals surface area contributed by atoms with Gasteiger partial charge in [-0.3, -0.25) is 9.59 Å². The molecule has 0 saturated heterocycles. The molecule has 34 heavy (non-hydrogen) atoms. The average molecular weight is 444 g/mol. The van der Waals surface area contributed by atoms with E-state index in [0.717, 1.165) is 21.9 Å². The summed E-state index contributed by atoms with van der Waals surface area (Å²) < 4.78 is 0. The molecule has 5 rings (SSSR count). The average Bonchev–Trinajstić information content (AvgIpc) is 2.89. The first-order valence-electron chi connectivity index (χ1n) is 10.8. The first-order chi connectivity index (χ1) is 16.7. The molecule has 0 spiro atoms. The number of hydrazone groups is 1. The number of fused-ring (bicyclic) bond motifs is 1. The number of benzene rings is 4. The largest absolute Gasteiger partial charge is 0.277 e. The van der Waals surface area contributed by atoms with E-state index in [1.807, 2.05) is 103 Å². The number of rotatable bonds is 5. The summed E-state index contributed by atoms with van der Waals surface area (Å²) in [5.74, 6) is -0.615. The third-order valence-electron chi connectivity index (χ3n) is 5.51. The fraction of sp³-hybridized carbons (Fsp3) is 0. The van der Waals surface area contributed by atoms with Crippen LogP contribution < -0.4 is 11.0 Å². The number of amides is 1. The van der Waals surface area contributed by atoms with E-state index in [1.165, 1.54) is 0 Å². The van der Waals surface area contributed by atoms with E-state index in [-0.39, 0.29) is 5.56 Å². The van der Waals surface area contributed by atoms with Gasteiger partial charge in [0.1, 0.15) is 5.56 Å². The predicted octanol–water partition coefficient (Wildman–Crippen LogP) is 5.02. The van der Waals surface area contributed by atoms with Gasteiger partial charge in [-0.2, -0.15) is 10.2 Å². The van der Waals surface area contributed by atoms with Gasteiger partial charge in [-0.1, -0.05) is 103 Å².